The molecule has 6 heteroatoms. The van der Waals surface area contributed by atoms with Crippen LogP contribution >= 0.6 is 12.6 Å². The Morgan fingerprint density at radius 3 is 2.53 bits per heavy atom. The minimum atomic E-state index is -0.859. The summed E-state index contributed by atoms with van der Waals surface area (Å²) in [6.45, 7) is 1.87. The normalized spacial score (nSPS) is 16.7. The number of nitriles is 1. The molecule has 109 valence electrons. The van der Waals surface area contributed by atoms with E-state index in [1.807, 2.05) is 0 Å². The second-order valence-electron chi connectivity index (χ2n) is 4.55. The van der Waals surface area contributed by atoms with E-state index in [0.717, 1.165) is 12.8 Å². The van der Waals surface area contributed by atoms with Gasteiger partial charge in [0.15, 0.2) is 0 Å². The number of aliphatic hydroxyl groups is 2. The van der Waals surface area contributed by atoms with Crippen LogP contribution in [0, 0.1) is 11.3 Å². The Morgan fingerprint density at radius 2 is 2.05 bits per heavy atom. The van der Waals surface area contributed by atoms with Crippen LogP contribution in [0.2, 0.25) is 0 Å². The van der Waals surface area contributed by atoms with Crippen molar-refractivity contribution in [2.75, 3.05) is 13.7 Å². The first kappa shape index (κ1) is 18.6. The van der Waals surface area contributed by atoms with Crippen LogP contribution in [0.1, 0.15) is 45.4 Å². The Kier molecular flexibility index (Phi) is 10.2. The van der Waals surface area contributed by atoms with Crippen LogP contribution in [0.5, 0.6) is 0 Å². The van der Waals surface area contributed by atoms with Gasteiger partial charge in [0, 0.05) is 7.11 Å². The first-order chi connectivity index (χ1) is 9.02. The highest BCUT2D eigenvalue weighted by Crippen LogP contribution is 2.20. The van der Waals surface area contributed by atoms with E-state index in [1.54, 1.807) is 0 Å². The van der Waals surface area contributed by atoms with E-state index in [9.17, 15) is 10.4 Å². The SMILES string of the molecule is CCCCCCCC(S)(C#N)[Si]=C(O)C(CO)OC. The molecule has 0 saturated carbocycles. The van der Waals surface area contributed by atoms with Gasteiger partial charge in [-0.3, -0.25) is 0 Å². The molecule has 0 spiro atoms. The molecule has 0 saturated heterocycles. The van der Waals surface area contributed by atoms with Crippen molar-refractivity contribution >= 4 is 27.1 Å². The zero-order valence-electron chi connectivity index (χ0n) is 11.7. The Labute approximate surface area is 123 Å². The largest absolute Gasteiger partial charge is 0.515 e. The highest BCUT2D eigenvalue weighted by atomic mass is 32.1. The lowest BCUT2D eigenvalue weighted by Crippen LogP contribution is -2.36. The standard InChI is InChI=1S/C13H24NO3SSi/c1-3-4-5-6-7-8-13(18,10-14)19-12(16)11(9-15)17-2/h11,15-16,18H,3-9H2,1-2H3. The van der Waals surface area contributed by atoms with E-state index in [1.165, 1.54) is 26.4 Å². The number of rotatable bonds is 10. The molecule has 4 nitrogen and oxygen atoms in total. The predicted molar refractivity (Wildman–Crippen MR) is 81.3 cm³/mol. The summed E-state index contributed by atoms with van der Waals surface area (Å²) in [5.41, 5.74) is 0. The summed E-state index contributed by atoms with van der Waals surface area (Å²) in [7, 11) is 1.26. The molecule has 2 atom stereocenters. The van der Waals surface area contributed by atoms with Crippen molar-refractivity contribution in [2.45, 2.75) is 55.9 Å². The number of aliphatic hydroxyl groups excluding tert-OH is 2. The Bertz CT molecular complexity index is 316. The average molecular weight is 302 g/mol. The maximum absolute atomic E-state index is 9.86. The van der Waals surface area contributed by atoms with Crippen LogP contribution in [-0.2, 0) is 4.74 Å². The first-order valence-electron chi connectivity index (χ1n) is 6.64. The lowest BCUT2D eigenvalue weighted by atomic mass is 10.1. The van der Waals surface area contributed by atoms with E-state index in [-0.39, 0.29) is 21.1 Å². The smallest absolute Gasteiger partial charge is 0.131 e. The molecule has 0 aliphatic heterocycles. The Morgan fingerprint density at radius 1 is 1.42 bits per heavy atom. The number of methoxy groups -OCH3 is 1. The number of thiol groups is 1. The van der Waals surface area contributed by atoms with Gasteiger partial charge < -0.3 is 14.9 Å². The topological polar surface area (TPSA) is 73.5 Å². The molecule has 0 bridgehead atoms. The first-order valence-corrected chi connectivity index (χ1v) is 8.09. The van der Waals surface area contributed by atoms with E-state index in [2.05, 4.69) is 25.6 Å². The van der Waals surface area contributed by atoms with Crippen molar-refractivity contribution < 1.29 is 14.9 Å². The van der Waals surface area contributed by atoms with Gasteiger partial charge in [0.1, 0.15) is 19.6 Å². The van der Waals surface area contributed by atoms with Crippen molar-refractivity contribution in [3.63, 3.8) is 0 Å². The maximum atomic E-state index is 9.86. The highest BCUT2D eigenvalue weighted by molar-refractivity contribution is 7.83. The fourth-order valence-electron chi connectivity index (χ4n) is 1.70. The fourth-order valence-corrected chi connectivity index (χ4v) is 3.35. The van der Waals surface area contributed by atoms with Gasteiger partial charge in [-0.15, -0.1) is 0 Å². The lowest BCUT2D eigenvalue weighted by Gasteiger charge is -2.18. The molecule has 1 radical (unpaired) electrons. The minimum Gasteiger partial charge on any atom is -0.515 e. The third-order valence-corrected chi connectivity index (χ3v) is 4.93. The van der Waals surface area contributed by atoms with Gasteiger partial charge in [0.05, 0.1) is 18.0 Å². The lowest BCUT2D eigenvalue weighted by molar-refractivity contribution is 0.0852. The van der Waals surface area contributed by atoms with Crippen LogP contribution in [0.15, 0.2) is 0 Å². The van der Waals surface area contributed by atoms with Crippen molar-refractivity contribution in [1.29, 1.82) is 5.26 Å². The highest BCUT2D eigenvalue weighted by Gasteiger charge is 2.26. The molecule has 0 heterocycles. The zero-order valence-corrected chi connectivity index (χ0v) is 13.6. The molecular formula is C13H24NO3SSi. The number of nitrogens with zero attached hydrogens (tertiary/aromatic N) is 1. The van der Waals surface area contributed by atoms with Crippen molar-refractivity contribution in [2.24, 2.45) is 0 Å². The molecule has 0 aliphatic rings. The van der Waals surface area contributed by atoms with Crippen LogP contribution in [0.3, 0.4) is 0 Å². The summed E-state index contributed by atoms with van der Waals surface area (Å²) in [5, 5.41) is 28.1. The number of hydrogen-bond acceptors (Lipinski definition) is 5. The average Bonchev–Trinajstić information content (AvgIpc) is 2.40. The molecule has 0 aromatic rings. The van der Waals surface area contributed by atoms with Gasteiger partial charge in [-0.2, -0.15) is 17.9 Å². The van der Waals surface area contributed by atoms with E-state index in [4.69, 9.17) is 9.84 Å². The second kappa shape index (κ2) is 10.4. The van der Waals surface area contributed by atoms with Gasteiger partial charge in [0.25, 0.3) is 0 Å². The molecule has 0 aliphatic carbocycles. The molecule has 19 heavy (non-hydrogen) atoms. The van der Waals surface area contributed by atoms with Crippen molar-refractivity contribution in [3.8, 4) is 6.07 Å². The molecule has 0 amide bonds. The minimum absolute atomic E-state index is 0.00936. The number of ether oxygens (including phenoxy) is 1. The van der Waals surface area contributed by atoms with Gasteiger partial charge in [-0.05, 0) is 6.42 Å². The van der Waals surface area contributed by atoms with Gasteiger partial charge in [0.2, 0.25) is 0 Å². The molecule has 0 rings (SSSR count). The van der Waals surface area contributed by atoms with Crippen LogP contribution < -0.4 is 0 Å². The second-order valence-corrected chi connectivity index (χ2v) is 7.35. The van der Waals surface area contributed by atoms with Crippen LogP contribution in [0.4, 0.5) is 0 Å². The molecular weight excluding hydrogens is 278 g/mol. The third kappa shape index (κ3) is 7.73. The van der Waals surface area contributed by atoms with Gasteiger partial charge in [-0.25, -0.2) is 0 Å². The Balaban J connectivity index is 4.43. The van der Waals surface area contributed by atoms with E-state index in [0.29, 0.717) is 6.42 Å². The summed E-state index contributed by atoms with van der Waals surface area (Å²) >= 11 is 4.39. The number of hydrogen-bond donors (Lipinski definition) is 3. The monoisotopic (exact) mass is 302 g/mol. The molecule has 0 aromatic heterocycles. The van der Waals surface area contributed by atoms with Crippen LogP contribution in [-0.4, -0.2) is 48.9 Å². The molecule has 0 aromatic carbocycles. The third-order valence-electron chi connectivity index (χ3n) is 2.92. The summed E-state index contributed by atoms with van der Waals surface area (Å²) in [6, 6.07) is 2.16. The van der Waals surface area contributed by atoms with E-state index < -0.39 is 10.5 Å². The summed E-state index contributed by atoms with van der Waals surface area (Å²) in [4.78, 5) is 0. The number of unbranched alkanes of at least 4 members (excludes halogenated alkanes) is 4. The van der Waals surface area contributed by atoms with Gasteiger partial charge in [-0.1, -0.05) is 39.0 Å². The quantitative estimate of drug-likeness (QED) is 0.326. The maximum Gasteiger partial charge on any atom is 0.131 e. The summed E-state index contributed by atoms with van der Waals surface area (Å²) < 4.78 is 4.08. The van der Waals surface area contributed by atoms with Crippen molar-refractivity contribution in [1.82, 2.24) is 0 Å². The molecule has 2 unspecified atom stereocenters. The Hall–Kier alpha value is -0.353. The molecule has 2 N–H and O–H groups in total. The van der Waals surface area contributed by atoms with Crippen molar-refractivity contribution in [3.05, 3.63) is 0 Å². The van der Waals surface area contributed by atoms with E-state index >= 15 is 0 Å². The zero-order chi connectivity index (χ0) is 14.7. The predicted octanol–water partition coefficient (Wildman–Crippen LogP) is 1.71. The fraction of sp³-hybridized carbons (Fsp3) is 0.846. The summed E-state index contributed by atoms with van der Waals surface area (Å²) in [6.07, 6.45) is 5.49. The van der Waals surface area contributed by atoms with Crippen LogP contribution in [0.25, 0.3) is 0 Å². The van der Waals surface area contributed by atoms with Gasteiger partial charge >= 0.3 is 0 Å². The molecule has 0 fully saturated rings. The summed E-state index contributed by atoms with van der Waals surface area (Å²) in [5.74, 6) is 0.